The molecule has 2 aromatic carbocycles. The maximum atomic E-state index is 12.4. The van der Waals surface area contributed by atoms with Gasteiger partial charge in [-0.1, -0.05) is 24.3 Å². The van der Waals surface area contributed by atoms with Crippen LogP contribution in [0.4, 0.5) is 5.69 Å². The molecule has 1 aliphatic heterocycles. The summed E-state index contributed by atoms with van der Waals surface area (Å²) >= 11 is 0. The zero-order valence-corrected chi connectivity index (χ0v) is 13.4. The first kappa shape index (κ1) is 15.1. The monoisotopic (exact) mass is 324 g/mol. The van der Waals surface area contributed by atoms with E-state index in [0.29, 0.717) is 18.8 Å². The highest BCUT2D eigenvalue weighted by Gasteiger charge is 2.30. The summed E-state index contributed by atoms with van der Waals surface area (Å²) in [5.41, 5.74) is 3.29. The number of nitrogens with one attached hydrogen (secondary N) is 1. The van der Waals surface area contributed by atoms with Gasteiger partial charge in [-0.3, -0.25) is 9.59 Å². The fourth-order valence-corrected chi connectivity index (χ4v) is 3.84. The Hall–Kier alpha value is -2.40. The fraction of sp³-hybridized carbons (Fsp3) is 0.368. The molecule has 4 rings (SSSR count). The molecule has 1 saturated heterocycles. The average Bonchev–Trinajstić information content (AvgIpc) is 3.24. The predicted octanol–water partition coefficient (Wildman–Crippen LogP) is 1.72. The molecule has 2 aromatic rings. The topological polar surface area (TPSA) is 69.6 Å². The maximum absolute atomic E-state index is 12.4. The molecule has 0 radical (unpaired) electrons. The molecule has 2 amide bonds. The second-order valence-corrected chi connectivity index (χ2v) is 6.65. The predicted molar refractivity (Wildman–Crippen MR) is 91.8 cm³/mol. The minimum absolute atomic E-state index is 0.0558. The van der Waals surface area contributed by atoms with Crippen LogP contribution in [0.2, 0.25) is 0 Å². The highest BCUT2D eigenvalue weighted by atomic mass is 16.3. The van der Waals surface area contributed by atoms with Gasteiger partial charge >= 0.3 is 11.8 Å². The molecule has 0 bridgehead atoms. The van der Waals surface area contributed by atoms with Crippen molar-refractivity contribution in [3.8, 4) is 0 Å². The van der Waals surface area contributed by atoms with Gasteiger partial charge in [0.2, 0.25) is 0 Å². The highest BCUT2D eigenvalue weighted by molar-refractivity contribution is 6.40. The van der Waals surface area contributed by atoms with E-state index in [-0.39, 0.29) is 12.5 Å². The minimum Gasteiger partial charge on any atom is -0.396 e. The molecule has 1 aliphatic carbocycles. The number of carbonyl (C=O) groups is 2. The molecule has 5 nitrogen and oxygen atoms in total. The molecule has 1 fully saturated rings. The van der Waals surface area contributed by atoms with Gasteiger partial charge < -0.3 is 15.3 Å². The number of aryl methyl sites for hydroxylation is 2. The second-order valence-electron chi connectivity index (χ2n) is 6.65. The molecule has 0 aromatic heterocycles. The number of rotatable bonds is 2. The van der Waals surface area contributed by atoms with Crippen LogP contribution < -0.4 is 5.32 Å². The standard InChI is InChI=1S/C19H20N2O3/c22-11-12-8-9-21(10-12)19(24)18(23)20-16-7-6-14-5-4-13-2-1-3-15(16)17(13)14/h1-3,6-7,12,22H,4-5,8-11H2,(H,20,23). The van der Waals surface area contributed by atoms with Gasteiger partial charge in [-0.15, -0.1) is 0 Å². The summed E-state index contributed by atoms with van der Waals surface area (Å²) < 4.78 is 0. The van der Waals surface area contributed by atoms with Crippen molar-refractivity contribution >= 4 is 28.3 Å². The fourth-order valence-electron chi connectivity index (χ4n) is 3.84. The van der Waals surface area contributed by atoms with Crippen LogP contribution in [0.15, 0.2) is 30.3 Å². The number of amides is 2. The Morgan fingerprint density at radius 2 is 1.96 bits per heavy atom. The average molecular weight is 324 g/mol. The van der Waals surface area contributed by atoms with Crippen molar-refractivity contribution in [1.29, 1.82) is 0 Å². The van der Waals surface area contributed by atoms with Crippen molar-refractivity contribution in [2.75, 3.05) is 25.0 Å². The third-order valence-corrected chi connectivity index (χ3v) is 5.15. The zero-order valence-electron chi connectivity index (χ0n) is 13.4. The number of likely N-dealkylation sites (tertiary alicyclic amines) is 1. The first-order chi connectivity index (χ1) is 11.7. The molecule has 1 atom stereocenters. The Bertz CT molecular complexity index is 820. The normalized spacial score (nSPS) is 19.0. The summed E-state index contributed by atoms with van der Waals surface area (Å²) in [6.07, 6.45) is 2.80. The minimum atomic E-state index is -0.604. The van der Waals surface area contributed by atoms with E-state index in [1.54, 1.807) is 0 Å². The number of nitrogens with zero attached hydrogens (tertiary/aromatic N) is 1. The van der Waals surface area contributed by atoms with E-state index in [2.05, 4.69) is 11.4 Å². The quantitative estimate of drug-likeness (QED) is 0.827. The summed E-state index contributed by atoms with van der Waals surface area (Å²) in [7, 11) is 0. The SMILES string of the molecule is O=C(Nc1ccc2c3c(cccc13)CC2)C(=O)N1CCC(CO)C1. The lowest BCUT2D eigenvalue weighted by Crippen LogP contribution is -2.38. The molecule has 0 saturated carbocycles. The molecule has 5 heteroatoms. The van der Waals surface area contributed by atoms with Gasteiger partial charge in [-0.05, 0) is 41.8 Å². The first-order valence-corrected chi connectivity index (χ1v) is 8.42. The van der Waals surface area contributed by atoms with Gasteiger partial charge in [0.15, 0.2) is 0 Å². The lowest BCUT2D eigenvalue weighted by molar-refractivity contribution is -0.142. The van der Waals surface area contributed by atoms with E-state index in [0.717, 1.165) is 24.6 Å². The third kappa shape index (κ3) is 2.45. The second kappa shape index (κ2) is 5.91. The Morgan fingerprint density at radius 1 is 1.17 bits per heavy atom. The summed E-state index contributed by atoms with van der Waals surface area (Å²) in [4.78, 5) is 26.2. The molecule has 0 spiro atoms. The van der Waals surface area contributed by atoms with Crippen LogP contribution in [0.25, 0.3) is 10.8 Å². The number of hydrogen-bond donors (Lipinski definition) is 2. The lowest BCUT2D eigenvalue weighted by atomic mass is 10.0. The summed E-state index contributed by atoms with van der Waals surface area (Å²) in [5.74, 6) is -1.04. The van der Waals surface area contributed by atoms with Crippen LogP contribution in [0, 0.1) is 5.92 Å². The van der Waals surface area contributed by atoms with Crippen molar-refractivity contribution < 1.29 is 14.7 Å². The van der Waals surface area contributed by atoms with Crippen LogP contribution in [0.5, 0.6) is 0 Å². The summed E-state index contributed by atoms with van der Waals surface area (Å²) in [6, 6.07) is 10.0. The molecule has 2 aliphatic rings. The lowest BCUT2D eigenvalue weighted by Gasteiger charge is -2.16. The maximum Gasteiger partial charge on any atom is 0.313 e. The van der Waals surface area contributed by atoms with E-state index in [4.69, 9.17) is 0 Å². The number of anilines is 1. The molecule has 1 heterocycles. The Labute approximate surface area is 140 Å². The number of hydrogen-bond acceptors (Lipinski definition) is 3. The van der Waals surface area contributed by atoms with Crippen molar-refractivity contribution in [1.82, 2.24) is 4.90 Å². The number of aliphatic hydroxyl groups excluding tert-OH is 1. The number of benzene rings is 2. The van der Waals surface area contributed by atoms with Crippen molar-refractivity contribution in [3.05, 3.63) is 41.5 Å². The Kier molecular flexibility index (Phi) is 3.73. The van der Waals surface area contributed by atoms with E-state index in [9.17, 15) is 14.7 Å². The van der Waals surface area contributed by atoms with E-state index in [1.165, 1.54) is 21.4 Å². The van der Waals surface area contributed by atoms with Gasteiger partial charge in [-0.25, -0.2) is 0 Å². The molecular formula is C19H20N2O3. The zero-order chi connectivity index (χ0) is 16.7. The van der Waals surface area contributed by atoms with Gasteiger partial charge in [-0.2, -0.15) is 0 Å². The highest BCUT2D eigenvalue weighted by Crippen LogP contribution is 2.35. The molecule has 124 valence electrons. The van der Waals surface area contributed by atoms with Crippen LogP contribution in [-0.4, -0.2) is 41.5 Å². The van der Waals surface area contributed by atoms with Crippen LogP contribution >= 0.6 is 0 Å². The third-order valence-electron chi connectivity index (χ3n) is 5.15. The summed E-state index contributed by atoms with van der Waals surface area (Å²) in [6.45, 7) is 1.04. The van der Waals surface area contributed by atoms with Crippen LogP contribution in [0.3, 0.4) is 0 Å². The molecular weight excluding hydrogens is 304 g/mol. The van der Waals surface area contributed by atoms with Crippen LogP contribution in [-0.2, 0) is 22.4 Å². The number of carbonyl (C=O) groups excluding carboxylic acids is 2. The molecule has 2 N–H and O–H groups in total. The Balaban J connectivity index is 1.57. The Morgan fingerprint density at radius 3 is 2.71 bits per heavy atom. The largest absolute Gasteiger partial charge is 0.396 e. The number of aliphatic hydroxyl groups is 1. The van der Waals surface area contributed by atoms with Crippen molar-refractivity contribution in [3.63, 3.8) is 0 Å². The van der Waals surface area contributed by atoms with Gasteiger partial charge in [0.05, 0.1) is 0 Å². The van der Waals surface area contributed by atoms with Gasteiger partial charge in [0.1, 0.15) is 0 Å². The smallest absolute Gasteiger partial charge is 0.313 e. The van der Waals surface area contributed by atoms with Crippen LogP contribution in [0.1, 0.15) is 17.5 Å². The van der Waals surface area contributed by atoms with Gasteiger partial charge in [0.25, 0.3) is 0 Å². The van der Waals surface area contributed by atoms with E-state index < -0.39 is 11.8 Å². The summed E-state index contributed by atoms with van der Waals surface area (Å²) in [5, 5.41) is 14.2. The molecule has 24 heavy (non-hydrogen) atoms. The van der Waals surface area contributed by atoms with E-state index in [1.807, 2.05) is 24.3 Å². The molecule has 1 unspecified atom stereocenters. The van der Waals surface area contributed by atoms with Crippen molar-refractivity contribution in [2.45, 2.75) is 19.3 Å². The first-order valence-electron chi connectivity index (χ1n) is 8.42. The van der Waals surface area contributed by atoms with Crippen molar-refractivity contribution in [2.24, 2.45) is 5.92 Å². The van der Waals surface area contributed by atoms with Gasteiger partial charge in [0, 0.05) is 36.7 Å². The van der Waals surface area contributed by atoms with E-state index >= 15 is 0 Å².